The molecule has 10 aromatic rings. The SMILES string of the molecule is c1ccc2cc(-c3ccc(-c4cc5c6ccccc6c(-c6ccc7c(c6)sc6ccccc67)cc5c5ccccc45)cc3)ccc2c1. The van der Waals surface area contributed by atoms with Crippen molar-refractivity contribution in [3.05, 3.63) is 170 Å². The lowest BCUT2D eigenvalue weighted by Gasteiger charge is -2.16. The molecule has 1 heteroatoms. The van der Waals surface area contributed by atoms with Crippen molar-refractivity contribution in [2.75, 3.05) is 0 Å². The van der Waals surface area contributed by atoms with E-state index in [1.165, 1.54) is 96.6 Å². The van der Waals surface area contributed by atoms with Crippen LogP contribution in [0.25, 0.3) is 96.6 Å². The second-order valence-corrected chi connectivity index (χ2v) is 13.6. The lowest BCUT2D eigenvalue weighted by atomic mass is 9.87. The summed E-state index contributed by atoms with van der Waals surface area (Å²) in [4.78, 5) is 0. The summed E-state index contributed by atoms with van der Waals surface area (Å²) in [7, 11) is 0. The number of hydrogen-bond acceptors (Lipinski definition) is 1. The van der Waals surface area contributed by atoms with Crippen LogP contribution in [0.15, 0.2) is 170 Å². The summed E-state index contributed by atoms with van der Waals surface area (Å²) in [5, 5.41) is 12.9. The maximum Gasteiger partial charge on any atom is 0.0361 e. The minimum absolute atomic E-state index is 1.23. The van der Waals surface area contributed by atoms with Crippen LogP contribution in [0.4, 0.5) is 0 Å². The van der Waals surface area contributed by atoms with Crippen molar-refractivity contribution in [1.82, 2.24) is 0 Å². The standard InChI is InChI=1S/C46H28S/c1-2-10-32-25-33(22-19-29(32)9-1)30-17-20-31(21-18-30)41-27-43-38-14-6-4-12-36(38)42(28-44(43)37-13-5-3-11-35(37)41)34-23-24-40-39-15-7-8-16-45(39)47-46(40)26-34/h1-28H. The van der Waals surface area contributed by atoms with Gasteiger partial charge in [0, 0.05) is 20.2 Å². The summed E-state index contributed by atoms with van der Waals surface area (Å²) in [6.07, 6.45) is 0. The second kappa shape index (κ2) is 10.4. The molecule has 0 saturated heterocycles. The van der Waals surface area contributed by atoms with Crippen LogP contribution >= 0.6 is 11.3 Å². The Balaban J connectivity index is 1.16. The molecule has 1 heterocycles. The van der Waals surface area contributed by atoms with Crippen molar-refractivity contribution in [3.63, 3.8) is 0 Å². The van der Waals surface area contributed by atoms with E-state index in [2.05, 4.69) is 170 Å². The predicted octanol–water partition coefficient (Wildman–Crippen LogP) is 13.7. The van der Waals surface area contributed by atoms with E-state index in [1.54, 1.807) is 0 Å². The van der Waals surface area contributed by atoms with E-state index in [4.69, 9.17) is 0 Å². The first-order chi connectivity index (χ1) is 23.3. The quantitative estimate of drug-likeness (QED) is 0.174. The van der Waals surface area contributed by atoms with E-state index in [-0.39, 0.29) is 0 Å². The molecule has 1 aromatic heterocycles. The van der Waals surface area contributed by atoms with E-state index >= 15 is 0 Å². The van der Waals surface area contributed by atoms with Crippen molar-refractivity contribution < 1.29 is 0 Å². The Hall–Kier alpha value is -5.76. The van der Waals surface area contributed by atoms with Gasteiger partial charge in [0.15, 0.2) is 0 Å². The van der Waals surface area contributed by atoms with Gasteiger partial charge in [-0.1, -0.05) is 140 Å². The van der Waals surface area contributed by atoms with Crippen LogP contribution in [0.5, 0.6) is 0 Å². The van der Waals surface area contributed by atoms with Crippen LogP contribution in [0.2, 0.25) is 0 Å². The number of rotatable bonds is 3. The third-order valence-electron chi connectivity index (χ3n) is 9.85. The Morgan fingerprint density at radius 1 is 0.255 bits per heavy atom. The first kappa shape index (κ1) is 26.5. The second-order valence-electron chi connectivity index (χ2n) is 12.5. The van der Waals surface area contributed by atoms with Gasteiger partial charge in [-0.15, -0.1) is 11.3 Å². The number of hydrogen-bond donors (Lipinski definition) is 0. The molecule has 0 fully saturated rings. The maximum atomic E-state index is 2.43. The van der Waals surface area contributed by atoms with Gasteiger partial charge in [0.1, 0.15) is 0 Å². The third-order valence-corrected chi connectivity index (χ3v) is 11.0. The molecule has 0 nitrogen and oxygen atoms in total. The average molecular weight is 613 g/mol. The summed E-state index contributed by atoms with van der Waals surface area (Å²) in [5.74, 6) is 0. The molecule has 0 spiro atoms. The molecule has 9 aromatic carbocycles. The zero-order valence-corrected chi connectivity index (χ0v) is 26.4. The highest BCUT2D eigenvalue weighted by atomic mass is 32.1. The Morgan fingerprint density at radius 3 is 1.49 bits per heavy atom. The van der Waals surface area contributed by atoms with Gasteiger partial charge in [-0.25, -0.2) is 0 Å². The Bertz CT molecular complexity index is 2830. The van der Waals surface area contributed by atoms with Crippen LogP contribution in [-0.2, 0) is 0 Å². The Kier molecular flexibility index (Phi) is 5.85. The lowest BCUT2D eigenvalue weighted by Crippen LogP contribution is -1.89. The first-order valence-corrected chi connectivity index (χ1v) is 17.0. The van der Waals surface area contributed by atoms with Gasteiger partial charge >= 0.3 is 0 Å². The van der Waals surface area contributed by atoms with Gasteiger partial charge in [0.05, 0.1) is 0 Å². The average Bonchev–Trinajstić information content (AvgIpc) is 3.52. The number of thiophene rings is 1. The monoisotopic (exact) mass is 612 g/mol. The fourth-order valence-electron chi connectivity index (χ4n) is 7.53. The van der Waals surface area contributed by atoms with Gasteiger partial charge in [-0.3, -0.25) is 0 Å². The summed E-state index contributed by atoms with van der Waals surface area (Å²) in [5.41, 5.74) is 7.52. The van der Waals surface area contributed by atoms with Gasteiger partial charge in [-0.2, -0.15) is 0 Å². The maximum absolute atomic E-state index is 2.43. The molecule has 0 aliphatic carbocycles. The van der Waals surface area contributed by atoms with E-state index in [9.17, 15) is 0 Å². The topological polar surface area (TPSA) is 0 Å². The molecule has 47 heavy (non-hydrogen) atoms. The van der Waals surface area contributed by atoms with Gasteiger partial charge in [0.25, 0.3) is 0 Å². The third kappa shape index (κ3) is 4.21. The highest BCUT2D eigenvalue weighted by Crippen LogP contribution is 2.43. The summed E-state index contributed by atoms with van der Waals surface area (Å²) < 4.78 is 2.67. The lowest BCUT2D eigenvalue weighted by molar-refractivity contribution is 1.63. The summed E-state index contributed by atoms with van der Waals surface area (Å²) in [6.45, 7) is 0. The molecular formula is C46H28S. The molecule has 0 radical (unpaired) electrons. The Morgan fingerprint density at radius 2 is 0.766 bits per heavy atom. The molecule has 0 atom stereocenters. The molecule has 0 N–H and O–H groups in total. The molecule has 0 aliphatic rings. The highest BCUT2D eigenvalue weighted by molar-refractivity contribution is 7.25. The van der Waals surface area contributed by atoms with Gasteiger partial charge in [-0.05, 0) is 107 Å². The van der Waals surface area contributed by atoms with Crippen molar-refractivity contribution in [2.24, 2.45) is 0 Å². The molecule has 0 bridgehead atoms. The van der Waals surface area contributed by atoms with E-state index in [0.29, 0.717) is 0 Å². The van der Waals surface area contributed by atoms with Crippen LogP contribution in [-0.4, -0.2) is 0 Å². The van der Waals surface area contributed by atoms with Crippen molar-refractivity contribution >= 4 is 74.6 Å². The van der Waals surface area contributed by atoms with Crippen LogP contribution < -0.4 is 0 Å². The van der Waals surface area contributed by atoms with Gasteiger partial charge in [0.2, 0.25) is 0 Å². The van der Waals surface area contributed by atoms with Crippen molar-refractivity contribution in [3.8, 4) is 33.4 Å². The Labute approximate surface area is 276 Å². The fraction of sp³-hybridized carbons (Fsp3) is 0. The summed E-state index contributed by atoms with van der Waals surface area (Å²) >= 11 is 1.88. The molecule has 218 valence electrons. The van der Waals surface area contributed by atoms with E-state index in [1.807, 2.05) is 11.3 Å². The highest BCUT2D eigenvalue weighted by Gasteiger charge is 2.15. The fourth-order valence-corrected chi connectivity index (χ4v) is 8.68. The molecule has 0 amide bonds. The minimum Gasteiger partial charge on any atom is -0.135 e. The zero-order chi connectivity index (χ0) is 30.9. The summed E-state index contributed by atoms with van der Waals surface area (Å²) in [6, 6.07) is 62.8. The van der Waals surface area contributed by atoms with Crippen molar-refractivity contribution in [1.29, 1.82) is 0 Å². The normalized spacial score (nSPS) is 11.8. The molecule has 10 rings (SSSR count). The number of benzene rings is 9. The predicted molar refractivity (Wildman–Crippen MR) is 206 cm³/mol. The van der Waals surface area contributed by atoms with Crippen LogP contribution in [0.1, 0.15) is 0 Å². The van der Waals surface area contributed by atoms with Crippen LogP contribution in [0, 0.1) is 0 Å². The smallest absolute Gasteiger partial charge is 0.0361 e. The molecular weight excluding hydrogens is 585 g/mol. The largest absolute Gasteiger partial charge is 0.135 e. The van der Waals surface area contributed by atoms with Crippen molar-refractivity contribution in [2.45, 2.75) is 0 Å². The minimum atomic E-state index is 1.23. The molecule has 0 saturated carbocycles. The van der Waals surface area contributed by atoms with Gasteiger partial charge < -0.3 is 0 Å². The van der Waals surface area contributed by atoms with E-state index in [0.717, 1.165) is 0 Å². The zero-order valence-electron chi connectivity index (χ0n) is 25.6. The first-order valence-electron chi connectivity index (χ1n) is 16.2. The van der Waals surface area contributed by atoms with E-state index < -0.39 is 0 Å². The number of fused-ring (bicyclic) bond motifs is 9. The van der Waals surface area contributed by atoms with Crippen LogP contribution in [0.3, 0.4) is 0 Å². The molecule has 0 unspecified atom stereocenters. The molecule has 0 aliphatic heterocycles.